The molecule has 0 aliphatic heterocycles. The van der Waals surface area contributed by atoms with Crippen LogP contribution in [0, 0.1) is 5.92 Å². The lowest BCUT2D eigenvalue weighted by Crippen LogP contribution is -2.41. The van der Waals surface area contributed by atoms with E-state index in [1.54, 1.807) is 0 Å². The molecule has 1 saturated carbocycles. The number of carbonyl (C=O) groups is 1. The summed E-state index contributed by atoms with van der Waals surface area (Å²) < 4.78 is 0. The van der Waals surface area contributed by atoms with Crippen molar-refractivity contribution < 1.29 is 4.79 Å². The van der Waals surface area contributed by atoms with Gasteiger partial charge in [0.05, 0.1) is 5.75 Å². The van der Waals surface area contributed by atoms with Crippen LogP contribution in [0.25, 0.3) is 0 Å². The topological polar surface area (TPSA) is 74.8 Å². The molecule has 1 fully saturated rings. The Morgan fingerprint density at radius 1 is 1.48 bits per heavy atom. The van der Waals surface area contributed by atoms with Crippen molar-refractivity contribution in [2.45, 2.75) is 57.1 Å². The van der Waals surface area contributed by atoms with E-state index in [9.17, 15) is 9.59 Å². The number of aryl methyl sites for hydroxylation is 1. The highest BCUT2D eigenvalue weighted by molar-refractivity contribution is 7.99. The summed E-state index contributed by atoms with van der Waals surface area (Å²) in [6, 6.07) is 1.79. The van der Waals surface area contributed by atoms with Gasteiger partial charge in [-0.05, 0) is 25.2 Å². The maximum Gasteiger partial charge on any atom is 0.251 e. The van der Waals surface area contributed by atoms with Crippen molar-refractivity contribution in [2.75, 3.05) is 5.75 Å². The van der Waals surface area contributed by atoms with Gasteiger partial charge in [0.2, 0.25) is 5.91 Å². The summed E-state index contributed by atoms with van der Waals surface area (Å²) in [6.07, 6.45) is 5.42. The number of amides is 1. The number of hydrogen-bond donors (Lipinski definition) is 2. The third-order valence-corrected chi connectivity index (χ3v) is 4.81. The standard InChI is InChI=1S/C15H23N3O2S/c1-3-11-8-13(19)18-15(16-11)21-9-14(20)17-12-7-5-4-6-10(12)2/h8,10,12H,3-7,9H2,1-2H3,(H,17,20)(H,16,18,19). The molecule has 0 spiro atoms. The van der Waals surface area contributed by atoms with E-state index in [2.05, 4.69) is 22.2 Å². The Morgan fingerprint density at radius 3 is 2.95 bits per heavy atom. The molecule has 0 saturated heterocycles. The van der Waals surface area contributed by atoms with Gasteiger partial charge >= 0.3 is 0 Å². The van der Waals surface area contributed by atoms with Crippen LogP contribution in [0.4, 0.5) is 0 Å². The van der Waals surface area contributed by atoms with Gasteiger partial charge in [-0.15, -0.1) is 0 Å². The summed E-state index contributed by atoms with van der Waals surface area (Å²) in [5, 5.41) is 3.62. The van der Waals surface area contributed by atoms with E-state index in [0.29, 0.717) is 29.3 Å². The van der Waals surface area contributed by atoms with Crippen molar-refractivity contribution in [3.05, 3.63) is 22.1 Å². The Hall–Kier alpha value is -1.30. The summed E-state index contributed by atoms with van der Waals surface area (Å²) in [6.45, 7) is 4.15. The molecule has 0 aromatic carbocycles. The summed E-state index contributed by atoms with van der Waals surface area (Å²) in [4.78, 5) is 30.5. The summed E-state index contributed by atoms with van der Waals surface area (Å²) >= 11 is 1.28. The van der Waals surface area contributed by atoms with Gasteiger partial charge in [0.15, 0.2) is 5.16 Å². The van der Waals surface area contributed by atoms with Crippen LogP contribution in [0.1, 0.15) is 45.2 Å². The molecule has 1 aromatic rings. The normalized spacial score (nSPS) is 22.0. The molecule has 1 aromatic heterocycles. The van der Waals surface area contributed by atoms with Crippen molar-refractivity contribution in [3.63, 3.8) is 0 Å². The Balaban J connectivity index is 1.86. The fourth-order valence-corrected chi connectivity index (χ4v) is 3.35. The predicted molar refractivity (Wildman–Crippen MR) is 84.5 cm³/mol. The van der Waals surface area contributed by atoms with Gasteiger partial charge in [-0.1, -0.05) is 38.5 Å². The van der Waals surface area contributed by atoms with Crippen LogP contribution < -0.4 is 10.9 Å². The van der Waals surface area contributed by atoms with Crippen LogP contribution >= 0.6 is 11.8 Å². The van der Waals surface area contributed by atoms with Gasteiger partial charge in [-0.2, -0.15) is 0 Å². The number of aromatic amines is 1. The first kappa shape index (κ1) is 16.1. The molecule has 1 amide bonds. The molecular formula is C15H23N3O2S. The number of carbonyl (C=O) groups excluding carboxylic acids is 1. The first-order chi connectivity index (χ1) is 10.1. The van der Waals surface area contributed by atoms with Crippen molar-refractivity contribution in [1.29, 1.82) is 0 Å². The SMILES string of the molecule is CCc1cc(=O)[nH]c(SCC(=O)NC2CCCCC2C)n1. The molecular weight excluding hydrogens is 286 g/mol. The van der Waals surface area contributed by atoms with Crippen LogP contribution in [-0.4, -0.2) is 27.7 Å². The molecule has 0 radical (unpaired) electrons. The number of nitrogens with one attached hydrogen (secondary N) is 2. The first-order valence-corrected chi connectivity index (χ1v) is 8.59. The molecule has 6 heteroatoms. The number of H-pyrrole nitrogens is 1. The van der Waals surface area contributed by atoms with E-state index in [0.717, 1.165) is 12.1 Å². The zero-order chi connectivity index (χ0) is 15.2. The molecule has 1 heterocycles. The summed E-state index contributed by atoms with van der Waals surface area (Å²) in [7, 11) is 0. The summed E-state index contributed by atoms with van der Waals surface area (Å²) in [5.41, 5.74) is 0.591. The highest BCUT2D eigenvalue weighted by atomic mass is 32.2. The smallest absolute Gasteiger partial charge is 0.251 e. The molecule has 2 atom stereocenters. The average Bonchev–Trinajstić information content (AvgIpc) is 2.47. The van der Waals surface area contributed by atoms with E-state index in [1.807, 2.05) is 6.92 Å². The quantitative estimate of drug-likeness (QED) is 0.645. The van der Waals surface area contributed by atoms with E-state index in [-0.39, 0.29) is 11.5 Å². The van der Waals surface area contributed by atoms with Crippen molar-refractivity contribution in [1.82, 2.24) is 15.3 Å². The van der Waals surface area contributed by atoms with Gasteiger partial charge in [0, 0.05) is 17.8 Å². The number of hydrogen-bond acceptors (Lipinski definition) is 4. The lowest BCUT2D eigenvalue weighted by Gasteiger charge is -2.29. The van der Waals surface area contributed by atoms with Gasteiger partial charge < -0.3 is 10.3 Å². The minimum absolute atomic E-state index is 0.0169. The minimum atomic E-state index is -0.161. The maximum absolute atomic E-state index is 12.0. The van der Waals surface area contributed by atoms with Crippen LogP contribution in [0.3, 0.4) is 0 Å². The van der Waals surface area contributed by atoms with Gasteiger partial charge in [0.1, 0.15) is 0 Å². The van der Waals surface area contributed by atoms with Gasteiger partial charge in [0.25, 0.3) is 5.56 Å². The van der Waals surface area contributed by atoms with Crippen molar-refractivity contribution in [2.24, 2.45) is 5.92 Å². The second-order valence-corrected chi connectivity index (χ2v) is 6.58. The number of rotatable bonds is 5. The third kappa shape index (κ3) is 4.88. The third-order valence-electron chi connectivity index (χ3n) is 3.93. The maximum atomic E-state index is 12.0. The van der Waals surface area contributed by atoms with Crippen LogP contribution in [-0.2, 0) is 11.2 Å². The molecule has 21 heavy (non-hydrogen) atoms. The van der Waals surface area contributed by atoms with Gasteiger partial charge in [-0.3, -0.25) is 9.59 Å². The Bertz CT molecular complexity index is 544. The minimum Gasteiger partial charge on any atom is -0.352 e. The molecule has 5 nitrogen and oxygen atoms in total. The van der Waals surface area contributed by atoms with E-state index in [1.165, 1.54) is 37.1 Å². The number of aromatic nitrogens is 2. The van der Waals surface area contributed by atoms with E-state index >= 15 is 0 Å². The molecule has 1 aliphatic rings. The fourth-order valence-electron chi connectivity index (χ4n) is 2.65. The molecule has 2 rings (SSSR count). The highest BCUT2D eigenvalue weighted by Gasteiger charge is 2.22. The van der Waals surface area contributed by atoms with Crippen LogP contribution in [0.15, 0.2) is 16.0 Å². The summed E-state index contributed by atoms with van der Waals surface area (Å²) in [5.74, 6) is 0.858. The Morgan fingerprint density at radius 2 is 2.24 bits per heavy atom. The second kappa shape index (κ2) is 7.64. The lowest BCUT2D eigenvalue weighted by atomic mass is 9.86. The lowest BCUT2D eigenvalue weighted by molar-refractivity contribution is -0.119. The molecule has 116 valence electrons. The van der Waals surface area contributed by atoms with Crippen molar-refractivity contribution in [3.8, 4) is 0 Å². The molecule has 2 unspecified atom stereocenters. The number of thioether (sulfide) groups is 1. The molecule has 0 bridgehead atoms. The largest absolute Gasteiger partial charge is 0.352 e. The van der Waals surface area contributed by atoms with Crippen LogP contribution in [0.5, 0.6) is 0 Å². The van der Waals surface area contributed by atoms with Crippen molar-refractivity contribution >= 4 is 17.7 Å². The van der Waals surface area contributed by atoms with E-state index in [4.69, 9.17) is 0 Å². The highest BCUT2D eigenvalue weighted by Crippen LogP contribution is 2.23. The zero-order valence-corrected chi connectivity index (χ0v) is 13.5. The monoisotopic (exact) mass is 309 g/mol. The predicted octanol–water partition coefficient (Wildman–Crippen LogP) is 2.12. The van der Waals surface area contributed by atoms with Crippen LogP contribution in [0.2, 0.25) is 0 Å². The Labute approximate surface area is 129 Å². The van der Waals surface area contributed by atoms with Gasteiger partial charge in [-0.25, -0.2) is 4.98 Å². The first-order valence-electron chi connectivity index (χ1n) is 7.61. The van der Waals surface area contributed by atoms with E-state index < -0.39 is 0 Å². The zero-order valence-electron chi connectivity index (χ0n) is 12.6. The fraction of sp³-hybridized carbons (Fsp3) is 0.667. The molecule has 2 N–H and O–H groups in total. The molecule has 1 aliphatic carbocycles. The number of nitrogens with zero attached hydrogens (tertiary/aromatic N) is 1. The average molecular weight is 309 g/mol. The Kier molecular flexibility index (Phi) is 5.85. The second-order valence-electron chi connectivity index (χ2n) is 5.62.